The molecule has 22 heavy (non-hydrogen) atoms. The van der Waals surface area contributed by atoms with E-state index in [2.05, 4.69) is 14.7 Å². The van der Waals surface area contributed by atoms with Gasteiger partial charge < -0.3 is 0 Å². The molecule has 0 saturated heterocycles. The van der Waals surface area contributed by atoms with Crippen molar-refractivity contribution in [3.63, 3.8) is 0 Å². The van der Waals surface area contributed by atoms with Crippen LogP contribution in [0.5, 0.6) is 0 Å². The van der Waals surface area contributed by atoms with Gasteiger partial charge in [0.2, 0.25) is 10.0 Å². The quantitative estimate of drug-likeness (QED) is 0.887. The highest BCUT2D eigenvalue weighted by Crippen LogP contribution is 2.27. The normalized spacial score (nSPS) is 24.3. The van der Waals surface area contributed by atoms with Crippen LogP contribution >= 0.6 is 0 Å². The number of fused-ring (bicyclic) bond motifs is 1. The lowest BCUT2D eigenvalue weighted by molar-refractivity contribution is 0.138. The van der Waals surface area contributed by atoms with Crippen LogP contribution < -0.4 is 4.72 Å². The summed E-state index contributed by atoms with van der Waals surface area (Å²) in [5.41, 5.74) is 1.18. The lowest BCUT2D eigenvalue weighted by Gasteiger charge is -2.36. The van der Waals surface area contributed by atoms with E-state index in [9.17, 15) is 8.42 Å². The summed E-state index contributed by atoms with van der Waals surface area (Å²) < 4.78 is 27.3. The first-order chi connectivity index (χ1) is 10.5. The van der Waals surface area contributed by atoms with Crippen LogP contribution in [0.15, 0.2) is 12.3 Å². The minimum absolute atomic E-state index is 0.0806. The van der Waals surface area contributed by atoms with Crippen molar-refractivity contribution in [2.45, 2.75) is 44.7 Å². The van der Waals surface area contributed by atoms with E-state index in [-0.39, 0.29) is 6.04 Å². The molecule has 1 aromatic heterocycles. The Morgan fingerprint density at radius 2 is 2.09 bits per heavy atom. The van der Waals surface area contributed by atoms with Crippen LogP contribution in [0.4, 0.5) is 0 Å². The lowest BCUT2D eigenvalue weighted by Crippen LogP contribution is -2.44. The molecular weight excluding hydrogens is 300 g/mol. The summed E-state index contributed by atoms with van der Waals surface area (Å²) in [7, 11) is -3.16. The average molecular weight is 326 g/mol. The molecule has 2 aliphatic rings. The summed E-state index contributed by atoms with van der Waals surface area (Å²) >= 11 is 0. The second-order valence-corrected chi connectivity index (χ2v) is 8.57. The highest BCUT2D eigenvalue weighted by molar-refractivity contribution is 7.88. The van der Waals surface area contributed by atoms with Gasteiger partial charge in [-0.1, -0.05) is 19.3 Å². The monoisotopic (exact) mass is 326 g/mol. The second-order valence-electron chi connectivity index (χ2n) is 6.74. The molecule has 0 spiro atoms. The molecule has 1 atom stereocenters. The van der Waals surface area contributed by atoms with Crippen molar-refractivity contribution in [3.05, 3.63) is 18.0 Å². The van der Waals surface area contributed by atoms with Gasteiger partial charge in [0.25, 0.3) is 0 Å². The Labute approximate surface area is 132 Å². The second kappa shape index (κ2) is 6.68. The van der Waals surface area contributed by atoms with Crippen LogP contribution in [0.3, 0.4) is 0 Å². The van der Waals surface area contributed by atoms with E-state index in [4.69, 9.17) is 0 Å². The van der Waals surface area contributed by atoms with Crippen LogP contribution in [0, 0.1) is 5.92 Å². The van der Waals surface area contributed by atoms with Crippen LogP contribution in [0.1, 0.15) is 43.8 Å². The van der Waals surface area contributed by atoms with Crippen molar-refractivity contribution in [1.82, 2.24) is 19.4 Å². The predicted molar refractivity (Wildman–Crippen MR) is 86.0 cm³/mol. The molecule has 1 aliphatic heterocycles. The van der Waals surface area contributed by atoms with Gasteiger partial charge in [0, 0.05) is 32.4 Å². The summed E-state index contributed by atoms with van der Waals surface area (Å²) in [6.45, 7) is 3.33. The van der Waals surface area contributed by atoms with E-state index < -0.39 is 10.0 Å². The molecule has 1 N–H and O–H groups in total. The van der Waals surface area contributed by atoms with E-state index in [0.717, 1.165) is 25.6 Å². The molecule has 0 aromatic carbocycles. The Bertz CT molecular complexity index is 592. The third-order valence-corrected chi connectivity index (χ3v) is 5.47. The Balaban J connectivity index is 1.65. The molecule has 1 aromatic rings. The van der Waals surface area contributed by atoms with Gasteiger partial charge in [-0.05, 0) is 24.8 Å². The maximum Gasteiger partial charge on any atom is 0.208 e. The zero-order chi connectivity index (χ0) is 15.6. The Morgan fingerprint density at radius 1 is 1.32 bits per heavy atom. The summed E-state index contributed by atoms with van der Waals surface area (Å²) in [5.74, 6) is 0.798. The highest BCUT2D eigenvalue weighted by Gasteiger charge is 2.28. The molecule has 1 unspecified atom stereocenters. The van der Waals surface area contributed by atoms with Gasteiger partial charge in [-0.2, -0.15) is 5.10 Å². The van der Waals surface area contributed by atoms with Gasteiger partial charge in [0.05, 0.1) is 18.0 Å². The standard InChI is InChI=1S/C15H26N4O2S/c1-22(20,21)17-9-15-12-18(10-13-5-3-2-4-6-13)11-14-7-8-16-19(14)15/h7-8,13,15,17H,2-6,9-12H2,1H3. The van der Waals surface area contributed by atoms with Crippen molar-refractivity contribution in [2.75, 3.05) is 25.9 Å². The predicted octanol–water partition coefficient (Wildman–Crippen LogP) is 1.37. The smallest absolute Gasteiger partial charge is 0.208 e. The van der Waals surface area contributed by atoms with Crippen LogP contribution in [0.2, 0.25) is 0 Å². The van der Waals surface area contributed by atoms with Gasteiger partial charge in [0.15, 0.2) is 0 Å². The number of hydrogen-bond donors (Lipinski definition) is 1. The van der Waals surface area contributed by atoms with Crippen LogP contribution in [-0.2, 0) is 16.6 Å². The molecule has 7 heteroatoms. The molecule has 0 radical (unpaired) electrons. The van der Waals surface area contributed by atoms with E-state index >= 15 is 0 Å². The fraction of sp³-hybridized carbons (Fsp3) is 0.800. The Kier molecular flexibility index (Phi) is 4.84. The first-order valence-electron chi connectivity index (χ1n) is 8.20. The number of rotatable bonds is 5. The average Bonchev–Trinajstić information content (AvgIpc) is 2.93. The maximum absolute atomic E-state index is 11.4. The van der Waals surface area contributed by atoms with Gasteiger partial charge in [-0.15, -0.1) is 0 Å². The van der Waals surface area contributed by atoms with Crippen molar-refractivity contribution < 1.29 is 8.42 Å². The van der Waals surface area contributed by atoms with Gasteiger partial charge >= 0.3 is 0 Å². The minimum Gasteiger partial charge on any atom is -0.295 e. The molecule has 0 amide bonds. The molecule has 0 bridgehead atoms. The first-order valence-corrected chi connectivity index (χ1v) is 10.1. The van der Waals surface area contributed by atoms with Gasteiger partial charge in [-0.25, -0.2) is 13.1 Å². The van der Waals surface area contributed by atoms with E-state index in [1.54, 1.807) is 0 Å². The molecule has 1 aliphatic carbocycles. The third-order valence-electron chi connectivity index (χ3n) is 4.77. The Morgan fingerprint density at radius 3 is 2.82 bits per heavy atom. The number of nitrogens with zero attached hydrogens (tertiary/aromatic N) is 3. The summed E-state index contributed by atoms with van der Waals surface area (Å²) in [6.07, 6.45) is 9.78. The van der Waals surface area contributed by atoms with Gasteiger partial charge in [0.1, 0.15) is 0 Å². The van der Waals surface area contributed by atoms with Crippen molar-refractivity contribution in [2.24, 2.45) is 5.92 Å². The molecule has 2 heterocycles. The van der Waals surface area contributed by atoms with Crippen molar-refractivity contribution >= 4 is 10.0 Å². The molecular formula is C15H26N4O2S. The zero-order valence-electron chi connectivity index (χ0n) is 13.2. The largest absolute Gasteiger partial charge is 0.295 e. The molecule has 1 saturated carbocycles. The molecule has 1 fully saturated rings. The minimum atomic E-state index is -3.16. The lowest BCUT2D eigenvalue weighted by atomic mass is 9.88. The molecule has 6 nitrogen and oxygen atoms in total. The molecule has 3 rings (SSSR count). The SMILES string of the molecule is CS(=O)(=O)NCC1CN(CC2CCCCC2)Cc2ccnn21. The maximum atomic E-state index is 11.4. The fourth-order valence-electron chi connectivity index (χ4n) is 3.74. The van der Waals surface area contributed by atoms with Crippen LogP contribution in [-0.4, -0.2) is 49.0 Å². The van der Waals surface area contributed by atoms with Gasteiger partial charge in [-0.3, -0.25) is 9.58 Å². The summed E-state index contributed by atoms with van der Waals surface area (Å²) in [5, 5.41) is 4.38. The first kappa shape index (κ1) is 16.0. The molecule has 124 valence electrons. The highest BCUT2D eigenvalue weighted by atomic mass is 32.2. The van der Waals surface area contributed by atoms with E-state index in [0.29, 0.717) is 6.54 Å². The topological polar surface area (TPSA) is 67.2 Å². The van der Waals surface area contributed by atoms with E-state index in [1.165, 1.54) is 44.1 Å². The van der Waals surface area contributed by atoms with Crippen LogP contribution in [0.25, 0.3) is 0 Å². The number of nitrogens with one attached hydrogen (secondary N) is 1. The summed E-state index contributed by atoms with van der Waals surface area (Å²) in [4.78, 5) is 2.47. The van der Waals surface area contributed by atoms with E-state index in [1.807, 2.05) is 16.9 Å². The fourth-order valence-corrected chi connectivity index (χ4v) is 4.23. The number of aromatic nitrogens is 2. The summed E-state index contributed by atoms with van der Waals surface area (Å²) in [6, 6.07) is 2.12. The Hall–Kier alpha value is -0.920. The van der Waals surface area contributed by atoms with Crippen molar-refractivity contribution in [1.29, 1.82) is 0 Å². The number of sulfonamides is 1. The number of hydrogen-bond acceptors (Lipinski definition) is 4. The van der Waals surface area contributed by atoms with Crippen molar-refractivity contribution in [3.8, 4) is 0 Å². The zero-order valence-corrected chi connectivity index (χ0v) is 14.1. The third kappa shape index (κ3) is 4.08.